The monoisotopic (exact) mass is 182 g/mol. The van der Waals surface area contributed by atoms with Crippen molar-refractivity contribution < 1.29 is 20.4 Å². The number of rotatable bonds is 4. The van der Waals surface area contributed by atoms with Gasteiger partial charge in [0, 0.05) is 0 Å². The van der Waals surface area contributed by atoms with E-state index in [9.17, 15) is 0 Å². The zero-order valence-corrected chi connectivity index (χ0v) is 7.38. The highest BCUT2D eigenvalue weighted by Gasteiger charge is 2.39. The molecule has 1 unspecified atom stereocenters. The quantitative estimate of drug-likeness (QED) is 0.424. The summed E-state index contributed by atoms with van der Waals surface area (Å²) < 4.78 is 0. The molecule has 0 aromatic rings. The van der Waals surface area contributed by atoms with Crippen LogP contribution < -0.4 is 0 Å². The zero-order valence-electron chi connectivity index (χ0n) is 6.56. The summed E-state index contributed by atoms with van der Waals surface area (Å²) in [5, 5.41) is 34.7. The van der Waals surface area contributed by atoms with Crippen LogP contribution in [0.4, 0.5) is 0 Å². The lowest BCUT2D eigenvalue weighted by atomic mass is 10.1. The second-order valence-corrected chi connectivity index (χ2v) is 3.33. The summed E-state index contributed by atoms with van der Waals surface area (Å²) in [6.45, 7) is 1.74. The molecule has 5 heteroatoms. The molecule has 0 aromatic carbocycles. The van der Waals surface area contributed by atoms with E-state index in [1.807, 2.05) is 0 Å². The largest absolute Gasteiger partial charge is 0.364 e. The number of hydrogen-bond donors (Lipinski definition) is 4. The third kappa shape index (κ3) is 2.61. The first-order valence-corrected chi connectivity index (χ1v) is 4.59. The maximum absolute atomic E-state index is 9.09. The SMILES string of the molecule is CCC(SC)C(O)(O)C(O)O. The van der Waals surface area contributed by atoms with Crippen molar-refractivity contribution in [2.75, 3.05) is 6.26 Å². The molecule has 1 atom stereocenters. The molecular weight excluding hydrogens is 168 g/mol. The van der Waals surface area contributed by atoms with Crippen LogP contribution >= 0.6 is 11.8 Å². The minimum absolute atomic E-state index is 0.464. The first kappa shape index (κ1) is 11.2. The maximum atomic E-state index is 9.09. The first-order chi connectivity index (χ1) is 4.96. The minimum Gasteiger partial charge on any atom is -0.364 e. The van der Waals surface area contributed by atoms with Crippen LogP contribution in [0, 0.1) is 0 Å². The van der Waals surface area contributed by atoms with Crippen LogP contribution in [-0.2, 0) is 0 Å². The van der Waals surface area contributed by atoms with E-state index >= 15 is 0 Å². The second kappa shape index (κ2) is 4.27. The Balaban J connectivity index is 4.24. The van der Waals surface area contributed by atoms with Gasteiger partial charge in [-0.2, -0.15) is 11.8 Å². The zero-order chi connectivity index (χ0) is 9.07. The Kier molecular flexibility index (Phi) is 4.35. The van der Waals surface area contributed by atoms with Gasteiger partial charge in [-0.25, -0.2) is 0 Å². The lowest BCUT2D eigenvalue weighted by molar-refractivity contribution is -0.288. The van der Waals surface area contributed by atoms with Gasteiger partial charge in [-0.05, 0) is 12.7 Å². The van der Waals surface area contributed by atoms with E-state index < -0.39 is 17.3 Å². The molecule has 0 aromatic heterocycles. The fraction of sp³-hybridized carbons (Fsp3) is 1.00. The molecule has 0 saturated carbocycles. The van der Waals surface area contributed by atoms with Crippen LogP contribution in [0.1, 0.15) is 13.3 Å². The molecule has 0 bridgehead atoms. The number of thioether (sulfide) groups is 1. The predicted octanol–water partition coefficient (Wildman–Crippen LogP) is -0.880. The smallest absolute Gasteiger partial charge is 0.227 e. The molecule has 0 heterocycles. The van der Waals surface area contributed by atoms with Crippen molar-refractivity contribution in [2.45, 2.75) is 30.7 Å². The molecule has 0 rings (SSSR count). The van der Waals surface area contributed by atoms with Crippen molar-refractivity contribution in [3.63, 3.8) is 0 Å². The molecule has 0 aliphatic rings. The van der Waals surface area contributed by atoms with Gasteiger partial charge in [-0.3, -0.25) is 0 Å². The Hall–Kier alpha value is 0.190. The number of aliphatic hydroxyl groups excluding tert-OH is 1. The Morgan fingerprint density at radius 3 is 1.91 bits per heavy atom. The summed E-state index contributed by atoms with van der Waals surface area (Å²) in [6, 6.07) is 0. The minimum atomic E-state index is -2.41. The topological polar surface area (TPSA) is 80.9 Å². The Morgan fingerprint density at radius 2 is 1.82 bits per heavy atom. The van der Waals surface area contributed by atoms with Gasteiger partial charge in [0.05, 0.1) is 5.25 Å². The van der Waals surface area contributed by atoms with Gasteiger partial charge in [0.25, 0.3) is 0 Å². The van der Waals surface area contributed by atoms with E-state index in [2.05, 4.69) is 0 Å². The molecular formula is C6H14O4S. The first-order valence-electron chi connectivity index (χ1n) is 3.30. The Morgan fingerprint density at radius 1 is 1.36 bits per heavy atom. The molecule has 4 nitrogen and oxygen atoms in total. The van der Waals surface area contributed by atoms with Crippen LogP contribution in [0.15, 0.2) is 0 Å². The van der Waals surface area contributed by atoms with Crippen molar-refractivity contribution in [1.82, 2.24) is 0 Å². The molecule has 68 valence electrons. The van der Waals surface area contributed by atoms with Crippen LogP contribution in [0.2, 0.25) is 0 Å². The highest BCUT2D eigenvalue weighted by atomic mass is 32.2. The van der Waals surface area contributed by atoms with Gasteiger partial charge in [0.2, 0.25) is 12.1 Å². The standard InChI is InChI=1S/C6H14O4S/c1-3-4(11-2)6(9,10)5(7)8/h4-5,7-10H,3H2,1-2H3. The summed E-state index contributed by atoms with van der Waals surface area (Å²) in [5.41, 5.74) is 0. The van der Waals surface area contributed by atoms with Crippen LogP contribution in [0.25, 0.3) is 0 Å². The Bertz CT molecular complexity index is 111. The third-order valence-electron chi connectivity index (χ3n) is 1.51. The van der Waals surface area contributed by atoms with Crippen LogP contribution in [0.3, 0.4) is 0 Å². The normalized spacial score (nSPS) is 15.5. The summed E-state index contributed by atoms with van der Waals surface area (Å²) in [5.74, 6) is -2.41. The van der Waals surface area contributed by atoms with Crippen molar-refractivity contribution in [2.24, 2.45) is 0 Å². The average molecular weight is 182 g/mol. The highest BCUT2D eigenvalue weighted by molar-refractivity contribution is 7.99. The molecule has 4 N–H and O–H groups in total. The van der Waals surface area contributed by atoms with Gasteiger partial charge in [0.15, 0.2) is 0 Å². The van der Waals surface area contributed by atoms with Crippen molar-refractivity contribution in [3.8, 4) is 0 Å². The van der Waals surface area contributed by atoms with Crippen molar-refractivity contribution in [1.29, 1.82) is 0 Å². The molecule has 0 aliphatic carbocycles. The van der Waals surface area contributed by atoms with E-state index in [-0.39, 0.29) is 0 Å². The van der Waals surface area contributed by atoms with E-state index in [4.69, 9.17) is 20.4 Å². The average Bonchev–Trinajstić information content (AvgIpc) is 1.89. The Labute approximate surface area is 69.9 Å². The third-order valence-corrected chi connectivity index (χ3v) is 2.76. The molecule has 11 heavy (non-hydrogen) atoms. The van der Waals surface area contributed by atoms with E-state index in [0.29, 0.717) is 6.42 Å². The van der Waals surface area contributed by atoms with Gasteiger partial charge >= 0.3 is 0 Å². The van der Waals surface area contributed by atoms with Gasteiger partial charge in [0.1, 0.15) is 0 Å². The number of aliphatic hydroxyl groups is 4. The molecule has 0 aliphatic heterocycles. The molecule has 0 radical (unpaired) electrons. The van der Waals surface area contributed by atoms with E-state index in [1.54, 1.807) is 13.2 Å². The van der Waals surface area contributed by atoms with Gasteiger partial charge in [-0.15, -0.1) is 0 Å². The number of hydrogen-bond acceptors (Lipinski definition) is 5. The second-order valence-electron chi connectivity index (χ2n) is 2.29. The molecule has 0 fully saturated rings. The van der Waals surface area contributed by atoms with E-state index in [1.165, 1.54) is 11.8 Å². The summed E-state index contributed by atoms with van der Waals surface area (Å²) in [4.78, 5) is 0. The molecule has 0 amide bonds. The summed E-state index contributed by atoms with van der Waals surface area (Å²) in [7, 11) is 0. The fourth-order valence-electron chi connectivity index (χ4n) is 0.807. The van der Waals surface area contributed by atoms with Crippen LogP contribution in [0.5, 0.6) is 0 Å². The lowest BCUT2D eigenvalue weighted by Gasteiger charge is -2.30. The van der Waals surface area contributed by atoms with E-state index in [0.717, 1.165) is 0 Å². The van der Waals surface area contributed by atoms with Crippen molar-refractivity contribution >= 4 is 11.8 Å². The summed E-state index contributed by atoms with van der Waals surface area (Å²) in [6.07, 6.45) is 0.0312. The van der Waals surface area contributed by atoms with Crippen molar-refractivity contribution in [3.05, 3.63) is 0 Å². The fourth-order valence-corrected chi connectivity index (χ4v) is 1.61. The molecule has 0 saturated heterocycles. The lowest BCUT2D eigenvalue weighted by Crippen LogP contribution is -2.50. The van der Waals surface area contributed by atoms with Crippen LogP contribution in [-0.4, -0.2) is 44.0 Å². The van der Waals surface area contributed by atoms with Gasteiger partial charge < -0.3 is 20.4 Å². The predicted molar refractivity (Wildman–Crippen MR) is 43.0 cm³/mol. The summed E-state index contributed by atoms with van der Waals surface area (Å²) >= 11 is 1.19. The molecule has 0 spiro atoms. The highest BCUT2D eigenvalue weighted by Crippen LogP contribution is 2.24. The van der Waals surface area contributed by atoms with Gasteiger partial charge in [-0.1, -0.05) is 6.92 Å². The maximum Gasteiger partial charge on any atom is 0.227 e.